The Morgan fingerprint density at radius 2 is 1.81 bits per heavy atom. The Kier molecular flexibility index (Phi) is 5.81. The monoisotopic (exact) mass is 383 g/mol. The fraction of sp³-hybridized carbons (Fsp3) is 0.238. The highest BCUT2D eigenvalue weighted by molar-refractivity contribution is 6.32. The molecule has 0 saturated carbocycles. The topological polar surface area (TPSA) is 56.2 Å². The molecule has 1 aromatic heterocycles. The number of halogens is 1. The molecular formula is C21H22ClN3O2. The first-order valence-electron chi connectivity index (χ1n) is 8.79. The minimum atomic E-state index is -0.254. The average Bonchev–Trinajstić information content (AvgIpc) is 3.14. The highest BCUT2D eigenvalue weighted by atomic mass is 35.5. The van der Waals surface area contributed by atoms with E-state index in [1.165, 1.54) is 5.56 Å². The maximum absolute atomic E-state index is 12.3. The second kappa shape index (κ2) is 8.27. The van der Waals surface area contributed by atoms with Crippen LogP contribution < -0.4 is 10.1 Å². The predicted molar refractivity (Wildman–Crippen MR) is 108 cm³/mol. The van der Waals surface area contributed by atoms with Gasteiger partial charge >= 0.3 is 0 Å². The van der Waals surface area contributed by atoms with E-state index in [0.717, 1.165) is 28.3 Å². The van der Waals surface area contributed by atoms with E-state index in [4.69, 9.17) is 16.3 Å². The minimum Gasteiger partial charge on any atom is -0.471 e. The van der Waals surface area contributed by atoms with E-state index in [0.29, 0.717) is 11.4 Å². The van der Waals surface area contributed by atoms with Crippen molar-refractivity contribution in [3.63, 3.8) is 0 Å². The Hall–Kier alpha value is -2.79. The molecule has 1 heterocycles. The molecular weight excluding hydrogens is 362 g/mol. The number of aryl methyl sites for hydroxylation is 3. The molecule has 0 fully saturated rings. The first-order chi connectivity index (χ1) is 13.0. The van der Waals surface area contributed by atoms with Crippen molar-refractivity contribution in [1.29, 1.82) is 0 Å². The number of carbonyl (C=O) groups is 1. The summed E-state index contributed by atoms with van der Waals surface area (Å²) in [5, 5.41) is 7.86. The lowest BCUT2D eigenvalue weighted by atomic mass is 10.1. The van der Waals surface area contributed by atoms with Gasteiger partial charge in [0.2, 0.25) is 0 Å². The van der Waals surface area contributed by atoms with Crippen molar-refractivity contribution in [2.75, 3.05) is 5.32 Å². The lowest BCUT2D eigenvalue weighted by Crippen LogP contribution is -2.14. The number of hydrogen-bond acceptors (Lipinski definition) is 3. The number of amides is 1. The van der Waals surface area contributed by atoms with Gasteiger partial charge in [-0.2, -0.15) is 5.10 Å². The third-order valence-electron chi connectivity index (χ3n) is 4.27. The maximum Gasteiger partial charge on any atom is 0.276 e. The zero-order valence-corrected chi connectivity index (χ0v) is 16.4. The third kappa shape index (κ3) is 4.68. The van der Waals surface area contributed by atoms with Gasteiger partial charge in [0.1, 0.15) is 5.75 Å². The van der Waals surface area contributed by atoms with Crippen LogP contribution in [0.1, 0.15) is 34.1 Å². The molecule has 0 aliphatic carbocycles. The Balaban J connectivity index is 1.61. The molecule has 0 bridgehead atoms. The molecule has 0 spiro atoms. The van der Waals surface area contributed by atoms with E-state index in [-0.39, 0.29) is 12.6 Å². The van der Waals surface area contributed by atoms with Crippen molar-refractivity contribution >= 4 is 23.2 Å². The molecule has 2 aromatic carbocycles. The summed E-state index contributed by atoms with van der Waals surface area (Å²) in [6.45, 7) is 6.17. The van der Waals surface area contributed by atoms with Crippen LogP contribution in [0.2, 0.25) is 5.02 Å². The Bertz CT molecular complexity index is 925. The van der Waals surface area contributed by atoms with E-state index in [1.54, 1.807) is 16.9 Å². The number of aromatic nitrogens is 2. The predicted octanol–water partition coefficient (Wildman–Crippen LogP) is 5.00. The van der Waals surface area contributed by atoms with Crippen LogP contribution in [0, 0.1) is 13.8 Å². The molecule has 5 nitrogen and oxygen atoms in total. The van der Waals surface area contributed by atoms with Crippen molar-refractivity contribution in [3.8, 4) is 5.75 Å². The van der Waals surface area contributed by atoms with Crippen LogP contribution in [-0.4, -0.2) is 15.7 Å². The molecule has 0 atom stereocenters. The Morgan fingerprint density at radius 3 is 2.44 bits per heavy atom. The summed E-state index contributed by atoms with van der Waals surface area (Å²) in [5.41, 5.74) is 4.22. The van der Waals surface area contributed by atoms with E-state index in [9.17, 15) is 4.79 Å². The van der Waals surface area contributed by atoms with E-state index >= 15 is 0 Å². The summed E-state index contributed by atoms with van der Waals surface area (Å²) in [5.74, 6) is 0.461. The van der Waals surface area contributed by atoms with Gasteiger partial charge in [0.15, 0.2) is 12.4 Å². The number of anilines is 1. The van der Waals surface area contributed by atoms with E-state index in [1.807, 2.05) is 50.2 Å². The quantitative estimate of drug-likeness (QED) is 0.651. The smallest absolute Gasteiger partial charge is 0.276 e. The molecule has 0 unspecified atom stereocenters. The second-order valence-corrected chi connectivity index (χ2v) is 6.77. The van der Waals surface area contributed by atoms with Crippen molar-refractivity contribution in [3.05, 3.63) is 76.1 Å². The summed E-state index contributed by atoms with van der Waals surface area (Å²) in [6, 6.07) is 13.2. The number of nitrogens with zero attached hydrogens (tertiary/aromatic N) is 2. The van der Waals surface area contributed by atoms with E-state index < -0.39 is 0 Å². The first-order valence-corrected chi connectivity index (χ1v) is 9.17. The number of carbonyl (C=O) groups excluding carboxylic acids is 1. The maximum atomic E-state index is 12.3. The molecule has 140 valence electrons. The van der Waals surface area contributed by atoms with Crippen molar-refractivity contribution < 1.29 is 9.53 Å². The van der Waals surface area contributed by atoms with Gasteiger partial charge in [0.05, 0.1) is 0 Å². The van der Waals surface area contributed by atoms with E-state index in [2.05, 4.69) is 17.3 Å². The number of benzene rings is 2. The van der Waals surface area contributed by atoms with Gasteiger partial charge in [-0.15, -0.1) is 0 Å². The lowest BCUT2D eigenvalue weighted by Gasteiger charge is -2.10. The summed E-state index contributed by atoms with van der Waals surface area (Å²) in [4.78, 5) is 12.3. The van der Waals surface area contributed by atoms with Gasteiger partial charge in [-0.05, 0) is 67.3 Å². The summed E-state index contributed by atoms with van der Waals surface area (Å²) >= 11 is 6.17. The highest BCUT2D eigenvalue weighted by Gasteiger charge is 2.10. The normalized spacial score (nSPS) is 10.7. The van der Waals surface area contributed by atoms with Crippen LogP contribution in [0.25, 0.3) is 0 Å². The van der Waals surface area contributed by atoms with Crippen molar-refractivity contribution in [2.24, 2.45) is 0 Å². The van der Waals surface area contributed by atoms with Gasteiger partial charge in [0.25, 0.3) is 5.91 Å². The lowest BCUT2D eigenvalue weighted by molar-refractivity contribution is 0.102. The molecule has 1 amide bonds. The van der Waals surface area contributed by atoms with Gasteiger partial charge in [-0.1, -0.05) is 30.7 Å². The van der Waals surface area contributed by atoms with Gasteiger partial charge < -0.3 is 10.1 Å². The molecule has 27 heavy (non-hydrogen) atoms. The third-order valence-corrected chi connectivity index (χ3v) is 4.86. The molecule has 1 N–H and O–H groups in total. The fourth-order valence-corrected chi connectivity index (χ4v) is 2.81. The Labute approximate surface area is 163 Å². The van der Waals surface area contributed by atoms with Gasteiger partial charge in [-0.25, -0.2) is 4.68 Å². The summed E-state index contributed by atoms with van der Waals surface area (Å²) < 4.78 is 7.33. The molecule has 0 saturated heterocycles. The molecule has 0 aliphatic heterocycles. The highest BCUT2D eigenvalue weighted by Crippen LogP contribution is 2.26. The molecule has 6 heteroatoms. The zero-order chi connectivity index (χ0) is 19.4. The van der Waals surface area contributed by atoms with Crippen LogP contribution in [0.5, 0.6) is 5.75 Å². The van der Waals surface area contributed by atoms with Crippen molar-refractivity contribution in [2.45, 2.75) is 33.9 Å². The fourth-order valence-electron chi connectivity index (χ4n) is 2.70. The van der Waals surface area contributed by atoms with Gasteiger partial charge in [-0.3, -0.25) is 4.79 Å². The molecule has 3 aromatic rings. The zero-order valence-electron chi connectivity index (χ0n) is 15.6. The number of hydrogen-bond donors (Lipinski definition) is 1. The molecule has 3 rings (SSSR count). The average molecular weight is 384 g/mol. The SMILES string of the molecule is CCc1ccc(NC(=O)c2ccn(COc3cc(C)c(Cl)c(C)c3)n2)cc1. The van der Waals surface area contributed by atoms with Gasteiger partial charge in [0, 0.05) is 16.9 Å². The molecule has 0 aliphatic rings. The van der Waals surface area contributed by atoms with Crippen LogP contribution >= 0.6 is 11.6 Å². The van der Waals surface area contributed by atoms with Crippen LogP contribution in [-0.2, 0) is 13.2 Å². The van der Waals surface area contributed by atoms with Crippen LogP contribution in [0.4, 0.5) is 5.69 Å². The van der Waals surface area contributed by atoms with Crippen molar-refractivity contribution in [1.82, 2.24) is 9.78 Å². The Morgan fingerprint density at radius 1 is 1.15 bits per heavy atom. The summed E-state index contributed by atoms with van der Waals surface area (Å²) in [7, 11) is 0. The minimum absolute atomic E-state index is 0.207. The largest absolute Gasteiger partial charge is 0.471 e. The number of ether oxygens (including phenoxy) is 1. The number of nitrogens with one attached hydrogen (secondary N) is 1. The second-order valence-electron chi connectivity index (χ2n) is 6.39. The first kappa shape index (κ1) is 19.0. The standard InChI is InChI=1S/C21H22ClN3O2/c1-4-16-5-7-17(8-6-16)23-21(26)19-9-10-25(24-19)13-27-18-11-14(2)20(22)15(3)12-18/h5-12H,4,13H2,1-3H3,(H,23,26). The number of rotatable bonds is 6. The van der Waals surface area contributed by atoms with Crippen LogP contribution in [0.15, 0.2) is 48.7 Å². The van der Waals surface area contributed by atoms with Crippen LogP contribution in [0.3, 0.4) is 0 Å². The molecule has 0 radical (unpaired) electrons. The summed E-state index contributed by atoms with van der Waals surface area (Å²) in [6.07, 6.45) is 2.68.